The molecule has 0 radical (unpaired) electrons. The van der Waals surface area contributed by atoms with Gasteiger partial charge in [-0.05, 0) is 0 Å². The molecule has 0 saturated carbocycles. The number of amides is 2. The molecule has 2 amide bonds. The minimum Gasteiger partial charge on any atom is -0.481 e. The zero-order chi connectivity index (χ0) is 14.5. The minimum absolute atomic E-state index is 0.444. The molecule has 18 heavy (non-hydrogen) atoms. The molecule has 0 heterocycles. The number of carbonyl (C=O) groups is 5. The van der Waals surface area contributed by atoms with E-state index in [1.165, 1.54) is 0 Å². The molecule has 0 aliphatic heterocycles. The summed E-state index contributed by atoms with van der Waals surface area (Å²) >= 11 is 0. The van der Waals surface area contributed by atoms with Gasteiger partial charge in [-0.2, -0.15) is 0 Å². The molecule has 8 heteroatoms. The summed E-state index contributed by atoms with van der Waals surface area (Å²) in [5.41, 5.74) is 0. The smallest absolute Gasteiger partial charge is 0.337 e. The van der Waals surface area contributed by atoms with E-state index in [1.54, 1.807) is 0 Å². The molecule has 0 unspecified atom stereocenters. The largest absolute Gasteiger partial charge is 0.481 e. The van der Waals surface area contributed by atoms with E-state index < -0.39 is 42.2 Å². The fourth-order valence-corrected chi connectivity index (χ4v) is 1.32. The summed E-state index contributed by atoms with van der Waals surface area (Å²) < 4.78 is 4.21. The Morgan fingerprint density at radius 1 is 1.06 bits per heavy atom. The van der Waals surface area contributed by atoms with Crippen LogP contribution in [0.2, 0.25) is 0 Å². The number of carbonyl (C=O) groups excluding carboxylic acids is 4. The normalized spacial score (nSPS) is 11.3. The van der Waals surface area contributed by atoms with Crippen LogP contribution in [0.4, 0.5) is 0 Å². The van der Waals surface area contributed by atoms with Gasteiger partial charge in [0.05, 0.1) is 6.42 Å². The second-order valence-corrected chi connectivity index (χ2v) is 3.43. The first-order valence-corrected chi connectivity index (χ1v) is 4.91. The number of aliphatic carboxylic acids is 1. The molecule has 0 aliphatic carbocycles. The van der Waals surface area contributed by atoms with Gasteiger partial charge < -0.3 is 9.84 Å². The van der Waals surface area contributed by atoms with Gasteiger partial charge in [0.2, 0.25) is 11.8 Å². The van der Waals surface area contributed by atoms with Crippen LogP contribution in [0.25, 0.3) is 0 Å². The predicted octanol–water partition coefficient (Wildman–Crippen LogP) is -0.686. The fraction of sp³-hybridized carbons (Fsp3) is 0.500. The van der Waals surface area contributed by atoms with Crippen molar-refractivity contribution in [1.29, 1.82) is 0 Å². The van der Waals surface area contributed by atoms with Crippen molar-refractivity contribution in [2.75, 3.05) is 0 Å². The van der Waals surface area contributed by atoms with Crippen LogP contribution in [-0.4, -0.2) is 45.8 Å². The Balaban J connectivity index is 5.24. The highest BCUT2D eigenvalue weighted by Gasteiger charge is 2.35. The van der Waals surface area contributed by atoms with E-state index in [-0.39, 0.29) is 0 Å². The molecule has 0 bridgehead atoms. The highest BCUT2D eigenvalue weighted by atomic mass is 16.6. The quantitative estimate of drug-likeness (QED) is 0.524. The number of ether oxygens (including phenoxy) is 1. The molecule has 1 N–H and O–H groups in total. The van der Waals surface area contributed by atoms with Crippen LogP contribution in [0.15, 0.2) is 0 Å². The molecule has 0 spiro atoms. The monoisotopic (exact) mass is 259 g/mol. The molecule has 0 fully saturated rings. The molecular formula is C10H13NO7. The summed E-state index contributed by atoms with van der Waals surface area (Å²) in [6.45, 7) is 2.94. The van der Waals surface area contributed by atoms with Crippen LogP contribution in [0.1, 0.15) is 27.2 Å². The van der Waals surface area contributed by atoms with Gasteiger partial charge in [-0.3, -0.25) is 24.1 Å². The van der Waals surface area contributed by atoms with Crippen molar-refractivity contribution < 1.29 is 33.8 Å². The van der Waals surface area contributed by atoms with E-state index in [1.807, 2.05) is 0 Å². The lowest BCUT2D eigenvalue weighted by atomic mass is 10.1. The Morgan fingerprint density at radius 2 is 1.50 bits per heavy atom. The predicted molar refractivity (Wildman–Crippen MR) is 56.0 cm³/mol. The van der Waals surface area contributed by atoms with Gasteiger partial charge in [0.25, 0.3) is 0 Å². The number of carboxylic acids is 1. The first-order valence-electron chi connectivity index (χ1n) is 4.91. The number of hydrogen-bond donors (Lipinski definition) is 1. The Bertz CT molecular complexity index is 387. The van der Waals surface area contributed by atoms with Crippen LogP contribution in [0.3, 0.4) is 0 Å². The van der Waals surface area contributed by atoms with Crippen LogP contribution >= 0.6 is 0 Å². The molecule has 0 rings (SSSR count). The van der Waals surface area contributed by atoms with Gasteiger partial charge in [-0.25, -0.2) is 4.79 Å². The molecular weight excluding hydrogens is 246 g/mol. The second-order valence-electron chi connectivity index (χ2n) is 3.43. The van der Waals surface area contributed by atoms with Gasteiger partial charge >= 0.3 is 17.9 Å². The van der Waals surface area contributed by atoms with Gasteiger partial charge in [-0.15, -0.1) is 0 Å². The van der Waals surface area contributed by atoms with E-state index in [4.69, 9.17) is 5.11 Å². The summed E-state index contributed by atoms with van der Waals surface area (Å²) in [6, 6.07) is -1.65. The lowest BCUT2D eigenvalue weighted by molar-refractivity contribution is -0.169. The lowest BCUT2D eigenvalue weighted by Gasteiger charge is -2.24. The molecule has 0 aliphatic rings. The summed E-state index contributed by atoms with van der Waals surface area (Å²) in [7, 11) is 0. The SMILES string of the molecule is CC(=O)OC(=O)[C@H](CC(=O)O)N(C(C)=O)C(C)=O. The van der Waals surface area contributed by atoms with E-state index in [2.05, 4.69) is 4.74 Å². The number of rotatable bonds is 4. The van der Waals surface area contributed by atoms with Crippen molar-refractivity contribution in [2.24, 2.45) is 0 Å². The maximum atomic E-state index is 11.5. The average Bonchev–Trinajstić information content (AvgIpc) is 2.13. The maximum absolute atomic E-state index is 11.5. The summed E-state index contributed by atoms with van der Waals surface area (Å²) in [6.07, 6.45) is -0.828. The van der Waals surface area contributed by atoms with E-state index in [0.29, 0.717) is 4.90 Å². The van der Waals surface area contributed by atoms with Crippen molar-refractivity contribution in [3.05, 3.63) is 0 Å². The Kier molecular flexibility index (Phi) is 5.67. The Hall–Kier alpha value is -2.25. The van der Waals surface area contributed by atoms with Crippen LogP contribution in [-0.2, 0) is 28.7 Å². The molecule has 0 saturated heterocycles. The lowest BCUT2D eigenvalue weighted by Crippen LogP contribution is -2.48. The number of hydrogen-bond acceptors (Lipinski definition) is 6. The molecule has 0 aromatic heterocycles. The molecule has 0 aromatic rings. The van der Waals surface area contributed by atoms with Gasteiger partial charge in [0.15, 0.2) is 0 Å². The summed E-state index contributed by atoms with van der Waals surface area (Å²) in [5, 5.41) is 8.64. The highest BCUT2D eigenvalue weighted by molar-refractivity contribution is 6.00. The second kappa shape index (κ2) is 6.48. The number of esters is 2. The summed E-state index contributed by atoms with van der Waals surface area (Å²) in [5.74, 6) is -5.24. The van der Waals surface area contributed by atoms with Crippen molar-refractivity contribution >= 4 is 29.7 Å². The summed E-state index contributed by atoms with van der Waals surface area (Å²) in [4.78, 5) is 55.6. The average molecular weight is 259 g/mol. The van der Waals surface area contributed by atoms with Crippen LogP contribution in [0.5, 0.6) is 0 Å². The van der Waals surface area contributed by atoms with Crippen LogP contribution < -0.4 is 0 Å². The third kappa shape index (κ3) is 4.73. The van der Waals surface area contributed by atoms with Gasteiger partial charge in [-0.1, -0.05) is 0 Å². The highest BCUT2D eigenvalue weighted by Crippen LogP contribution is 2.09. The van der Waals surface area contributed by atoms with Crippen molar-refractivity contribution in [1.82, 2.24) is 4.90 Å². The maximum Gasteiger partial charge on any atom is 0.337 e. The Morgan fingerprint density at radius 3 is 1.78 bits per heavy atom. The van der Waals surface area contributed by atoms with Crippen LogP contribution in [0, 0.1) is 0 Å². The topological polar surface area (TPSA) is 118 Å². The van der Waals surface area contributed by atoms with E-state index in [0.717, 1.165) is 20.8 Å². The van der Waals surface area contributed by atoms with Crippen molar-refractivity contribution in [2.45, 2.75) is 33.2 Å². The molecule has 100 valence electrons. The molecule has 1 atom stereocenters. The third-order valence-electron chi connectivity index (χ3n) is 1.87. The first kappa shape index (κ1) is 15.8. The number of imide groups is 1. The van der Waals surface area contributed by atoms with E-state index in [9.17, 15) is 24.0 Å². The zero-order valence-corrected chi connectivity index (χ0v) is 10.1. The third-order valence-corrected chi connectivity index (χ3v) is 1.87. The van der Waals surface area contributed by atoms with Gasteiger partial charge in [0, 0.05) is 20.8 Å². The van der Waals surface area contributed by atoms with Crippen molar-refractivity contribution in [3.63, 3.8) is 0 Å². The fourth-order valence-electron chi connectivity index (χ4n) is 1.32. The van der Waals surface area contributed by atoms with E-state index >= 15 is 0 Å². The van der Waals surface area contributed by atoms with Crippen molar-refractivity contribution in [3.8, 4) is 0 Å². The van der Waals surface area contributed by atoms with Gasteiger partial charge in [0.1, 0.15) is 6.04 Å². The standard InChI is InChI=1S/C10H13NO7/c1-5(12)11(6(2)13)8(4-9(15)16)10(17)18-7(3)14/h8H,4H2,1-3H3,(H,15,16)/t8-/m0/s1. The zero-order valence-electron chi connectivity index (χ0n) is 10.1. The molecule has 8 nitrogen and oxygen atoms in total. The number of carboxylic acid groups (broad SMARTS) is 1. The number of nitrogens with zero attached hydrogens (tertiary/aromatic N) is 1. The Labute approximate surface area is 102 Å². The molecule has 0 aromatic carbocycles. The first-order chi connectivity index (χ1) is 8.16. The minimum atomic E-state index is -1.65.